The Morgan fingerprint density at radius 2 is 2.00 bits per heavy atom. The average Bonchev–Trinajstić information content (AvgIpc) is 2.23. The topological polar surface area (TPSA) is 38.7 Å². The Morgan fingerprint density at radius 1 is 1.14 bits per heavy atom. The molecule has 0 bridgehead atoms. The molecule has 0 aliphatic heterocycles. The van der Waals surface area contributed by atoms with Crippen molar-refractivity contribution in [2.75, 3.05) is 0 Å². The van der Waals surface area contributed by atoms with Crippen molar-refractivity contribution in [1.29, 1.82) is 0 Å². The summed E-state index contributed by atoms with van der Waals surface area (Å²) >= 11 is 4.94. The van der Waals surface area contributed by atoms with Gasteiger partial charge in [0.2, 0.25) is 5.16 Å². The van der Waals surface area contributed by atoms with Gasteiger partial charge in [-0.3, -0.25) is 0 Å². The van der Waals surface area contributed by atoms with E-state index in [9.17, 15) is 0 Å². The second kappa shape index (κ2) is 4.52. The zero-order valence-electron chi connectivity index (χ0n) is 7.09. The fourth-order valence-corrected chi connectivity index (χ4v) is 2.15. The van der Waals surface area contributed by atoms with Crippen LogP contribution in [0.25, 0.3) is 0 Å². The van der Waals surface area contributed by atoms with Gasteiger partial charge in [0, 0.05) is 9.37 Å². The third kappa shape index (κ3) is 2.30. The number of rotatable bonds is 2. The fraction of sp³-hybridized carbons (Fsp3) is 0. The summed E-state index contributed by atoms with van der Waals surface area (Å²) in [5.41, 5.74) is 0. The zero-order valence-corrected chi connectivity index (χ0v) is 9.49. The summed E-state index contributed by atoms with van der Waals surface area (Å²) in [4.78, 5) is 5.17. The van der Waals surface area contributed by atoms with Gasteiger partial charge in [0.1, 0.15) is 0 Å². The molecule has 0 amide bonds. The van der Waals surface area contributed by atoms with Crippen LogP contribution in [0.2, 0.25) is 0 Å². The van der Waals surface area contributed by atoms with Gasteiger partial charge in [-0.25, -0.2) is 4.98 Å². The van der Waals surface area contributed by atoms with Crippen LogP contribution in [-0.4, -0.2) is 15.2 Å². The van der Waals surface area contributed by atoms with Gasteiger partial charge < -0.3 is 0 Å². The standard InChI is InChI=1S/C9H6BrN3S/c10-7-3-1-2-4-8(7)14-9-11-5-6-12-13-9/h1-6H. The van der Waals surface area contributed by atoms with Crippen LogP contribution in [0.4, 0.5) is 0 Å². The molecule has 1 aromatic carbocycles. The van der Waals surface area contributed by atoms with Crippen molar-refractivity contribution in [2.24, 2.45) is 0 Å². The highest BCUT2D eigenvalue weighted by atomic mass is 79.9. The molecule has 0 aliphatic carbocycles. The molecular weight excluding hydrogens is 262 g/mol. The van der Waals surface area contributed by atoms with Crippen LogP contribution >= 0.6 is 27.7 Å². The largest absolute Gasteiger partial charge is 0.228 e. The lowest BCUT2D eigenvalue weighted by molar-refractivity contribution is 0.838. The van der Waals surface area contributed by atoms with Crippen molar-refractivity contribution in [1.82, 2.24) is 15.2 Å². The summed E-state index contributed by atoms with van der Waals surface area (Å²) in [6, 6.07) is 7.94. The molecule has 0 fully saturated rings. The van der Waals surface area contributed by atoms with Crippen molar-refractivity contribution in [3.63, 3.8) is 0 Å². The van der Waals surface area contributed by atoms with Gasteiger partial charge >= 0.3 is 0 Å². The Labute approximate surface area is 94.1 Å². The maximum atomic E-state index is 4.08. The molecular formula is C9H6BrN3S. The highest BCUT2D eigenvalue weighted by Crippen LogP contribution is 2.30. The van der Waals surface area contributed by atoms with Crippen LogP contribution in [0, 0.1) is 0 Å². The van der Waals surface area contributed by atoms with E-state index in [-0.39, 0.29) is 0 Å². The molecule has 2 aromatic rings. The summed E-state index contributed by atoms with van der Waals surface area (Å²) in [5.74, 6) is 0. The molecule has 0 aliphatic rings. The van der Waals surface area contributed by atoms with Crippen molar-refractivity contribution in [2.45, 2.75) is 10.1 Å². The maximum absolute atomic E-state index is 4.08. The number of hydrogen-bond donors (Lipinski definition) is 0. The SMILES string of the molecule is Brc1ccccc1Sc1nccnn1. The molecule has 3 nitrogen and oxygen atoms in total. The summed E-state index contributed by atoms with van der Waals surface area (Å²) in [5, 5.41) is 8.31. The van der Waals surface area contributed by atoms with E-state index in [1.165, 1.54) is 11.8 Å². The summed E-state index contributed by atoms with van der Waals surface area (Å²) in [6.45, 7) is 0. The minimum absolute atomic E-state index is 0.652. The van der Waals surface area contributed by atoms with Crippen LogP contribution < -0.4 is 0 Å². The first-order valence-corrected chi connectivity index (χ1v) is 5.53. The molecule has 70 valence electrons. The molecule has 0 saturated carbocycles. The Morgan fingerprint density at radius 3 is 2.71 bits per heavy atom. The van der Waals surface area contributed by atoms with Crippen LogP contribution in [-0.2, 0) is 0 Å². The minimum Gasteiger partial charge on any atom is -0.228 e. The fourth-order valence-electron chi connectivity index (χ4n) is 0.908. The molecule has 0 unspecified atom stereocenters. The summed E-state index contributed by atoms with van der Waals surface area (Å²) in [6.07, 6.45) is 3.19. The van der Waals surface area contributed by atoms with Gasteiger partial charge in [0.15, 0.2) is 0 Å². The smallest absolute Gasteiger partial charge is 0.213 e. The van der Waals surface area contributed by atoms with Crippen LogP contribution in [0.1, 0.15) is 0 Å². The lowest BCUT2D eigenvalue weighted by Gasteiger charge is -2.00. The van der Waals surface area contributed by atoms with Gasteiger partial charge in [0.25, 0.3) is 0 Å². The quantitative estimate of drug-likeness (QED) is 0.839. The molecule has 14 heavy (non-hydrogen) atoms. The third-order valence-electron chi connectivity index (χ3n) is 1.50. The third-order valence-corrected chi connectivity index (χ3v) is 3.40. The van der Waals surface area contributed by atoms with Gasteiger partial charge in [-0.1, -0.05) is 12.1 Å². The predicted molar refractivity (Wildman–Crippen MR) is 58.1 cm³/mol. The first-order valence-electron chi connectivity index (χ1n) is 3.92. The number of benzene rings is 1. The lowest BCUT2D eigenvalue weighted by atomic mass is 10.4. The number of hydrogen-bond acceptors (Lipinski definition) is 4. The van der Waals surface area contributed by atoms with Crippen LogP contribution in [0.3, 0.4) is 0 Å². The normalized spacial score (nSPS) is 10.1. The van der Waals surface area contributed by atoms with Crippen LogP contribution in [0.5, 0.6) is 0 Å². The van der Waals surface area contributed by atoms with E-state index in [1.807, 2.05) is 24.3 Å². The summed E-state index contributed by atoms with van der Waals surface area (Å²) in [7, 11) is 0. The Bertz CT molecular complexity index is 421. The molecule has 0 radical (unpaired) electrons. The molecule has 0 saturated heterocycles. The van der Waals surface area contributed by atoms with E-state index >= 15 is 0 Å². The molecule has 0 spiro atoms. The van der Waals surface area contributed by atoms with E-state index < -0.39 is 0 Å². The molecule has 0 atom stereocenters. The predicted octanol–water partition coefficient (Wildman–Crippen LogP) is 2.79. The highest BCUT2D eigenvalue weighted by molar-refractivity contribution is 9.10. The molecule has 0 N–H and O–H groups in total. The van der Waals surface area contributed by atoms with Crippen molar-refractivity contribution in [3.05, 3.63) is 41.1 Å². The van der Waals surface area contributed by atoms with Crippen molar-refractivity contribution >= 4 is 27.7 Å². The second-order valence-electron chi connectivity index (χ2n) is 2.46. The van der Waals surface area contributed by atoms with E-state index in [0.717, 1.165) is 9.37 Å². The van der Waals surface area contributed by atoms with Gasteiger partial charge in [-0.15, -0.1) is 5.10 Å². The van der Waals surface area contributed by atoms with Gasteiger partial charge in [0.05, 0.1) is 12.4 Å². The highest BCUT2D eigenvalue weighted by Gasteiger charge is 2.02. The molecule has 1 aromatic heterocycles. The molecule has 1 heterocycles. The first-order chi connectivity index (χ1) is 6.86. The monoisotopic (exact) mass is 267 g/mol. The zero-order chi connectivity index (χ0) is 9.80. The van der Waals surface area contributed by atoms with E-state index in [4.69, 9.17) is 0 Å². The Hall–Kier alpha value is -0.940. The molecule has 2 rings (SSSR count). The van der Waals surface area contributed by atoms with Crippen molar-refractivity contribution < 1.29 is 0 Å². The van der Waals surface area contributed by atoms with E-state index in [2.05, 4.69) is 31.1 Å². The Balaban J connectivity index is 2.24. The lowest BCUT2D eigenvalue weighted by Crippen LogP contribution is -1.87. The van der Waals surface area contributed by atoms with Crippen molar-refractivity contribution in [3.8, 4) is 0 Å². The summed E-state index contributed by atoms with van der Waals surface area (Å²) < 4.78 is 1.04. The van der Waals surface area contributed by atoms with Gasteiger partial charge in [-0.05, 0) is 39.8 Å². The Kier molecular flexibility index (Phi) is 3.10. The number of aromatic nitrogens is 3. The van der Waals surface area contributed by atoms with Gasteiger partial charge in [-0.2, -0.15) is 5.10 Å². The van der Waals surface area contributed by atoms with E-state index in [1.54, 1.807) is 12.4 Å². The first kappa shape index (κ1) is 9.61. The second-order valence-corrected chi connectivity index (χ2v) is 4.32. The number of halogens is 1. The maximum Gasteiger partial charge on any atom is 0.213 e. The number of nitrogens with zero attached hydrogens (tertiary/aromatic N) is 3. The minimum atomic E-state index is 0.652. The average molecular weight is 268 g/mol. The molecule has 5 heteroatoms. The van der Waals surface area contributed by atoms with E-state index in [0.29, 0.717) is 5.16 Å². The van der Waals surface area contributed by atoms with Crippen LogP contribution in [0.15, 0.2) is 51.2 Å².